The zero-order valence-corrected chi connectivity index (χ0v) is 16.6. The van der Waals surface area contributed by atoms with Crippen molar-refractivity contribution >= 4 is 33.2 Å². The van der Waals surface area contributed by atoms with Crippen LogP contribution in [0.2, 0.25) is 5.02 Å². The molecular weight excluding hydrogens is 362 g/mol. The third-order valence-electron chi connectivity index (χ3n) is 4.68. The van der Waals surface area contributed by atoms with Crippen molar-refractivity contribution in [3.8, 4) is 0 Å². The van der Waals surface area contributed by atoms with Gasteiger partial charge in [-0.3, -0.25) is 4.79 Å². The van der Waals surface area contributed by atoms with Gasteiger partial charge in [0, 0.05) is 14.1 Å². The van der Waals surface area contributed by atoms with Crippen molar-refractivity contribution in [3.63, 3.8) is 0 Å². The molecule has 2 rings (SSSR count). The second-order valence-electron chi connectivity index (χ2n) is 6.91. The number of benzene rings is 1. The van der Waals surface area contributed by atoms with Crippen molar-refractivity contribution in [2.75, 3.05) is 39.0 Å². The Labute approximate surface area is 155 Å². The number of hydrogen-bond donors (Lipinski definition) is 2. The summed E-state index contributed by atoms with van der Waals surface area (Å²) in [4.78, 5) is 13.8. The van der Waals surface area contributed by atoms with Crippen LogP contribution in [0.5, 0.6) is 0 Å². The third kappa shape index (κ3) is 5.41. The van der Waals surface area contributed by atoms with E-state index in [1.807, 2.05) is 0 Å². The second kappa shape index (κ2) is 8.49. The Hall–Kier alpha value is -1.15. The van der Waals surface area contributed by atoms with Gasteiger partial charge in [-0.15, -0.1) is 0 Å². The maximum absolute atomic E-state index is 12.2. The molecule has 0 saturated carbocycles. The lowest BCUT2D eigenvalue weighted by Gasteiger charge is -2.27. The molecule has 0 aliphatic carbocycles. The third-order valence-corrected chi connectivity index (χ3v) is 6.82. The maximum atomic E-state index is 12.2. The van der Waals surface area contributed by atoms with Crippen molar-refractivity contribution in [3.05, 3.63) is 23.2 Å². The molecule has 0 radical (unpaired) electrons. The van der Waals surface area contributed by atoms with Crippen LogP contribution in [0.4, 0.5) is 5.69 Å². The highest BCUT2D eigenvalue weighted by atomic mass is 35.5. The Bertz CT molecular complexity index is 714. The number of rotatable bonds is 6. The van der Waals surface area contributed by atoms with Crippen molar-refractivity contribution in [2.45, 2.75) is 31.1 Å². The molecule has 1 fully saturated rings. The second-order valence-corrected chi connectivity index (χ2v) is 9.47. The molecule has 8 heteroatoms. The van der Waals surface area contributed by atoms with E-state index in [1.165, 1.54) is 50.0 Å². The fraction of sp³-hybridized carbons (Fsp3) is 0.588. The van der Waals surface area contributed by atoms with Crippen LogP contribution < -0.4 is 10.2 Å². The normalized spacial score (nSPS) is 21.3. The fourth-order valence-electron chi connectivity index (χ4n) is 2.89. The Morgan fingerprint density at radius 1 is 1.32 bits per heavy atom. The Kier molecular flexibility index (Phi) is 6.85. The monoisotopic (exact) mass is 388 g/mol. The quantitative estimate of drug-likeness (QED) is 0.770. The van der Waals surface area contributed by atoms with Crippen molar-refractivity contribution < 1.29 is 18.1 Å². The molecule has 1 saturated heterocycles. The topological polar surface area (TPSA) is 70.9 Å². The van der Waals surface area contributed by atoms with Gasteiger partial charge in [0.25, 0.3) is 0 Å². The number of nitrogens with one attached hydrogen (secondary N) is 2. The van der Waals surface area contributed by atoms with Gasteiger partial charge in [0.2, 0.25) is 15.9 Å². The van der Waals surface area contributed by atoms with Crippen LogP contribution in [-0.2, 0) is 14.8 Å². The zero-order valence-electron chi connectivity index (χ0n) is 15.0. The van der Waals surface area contributed by atoms with Crippen molar-refractivity contribution in [2.24, 2.45) is 5.92 Å². The molecule has 1 aliphatic rings. The molecule has 1 aromatic carbocycles. The smallest absolute Gasteiger partial charge is 0.242 e. The lowest BCUT2D eigenvalue weighted by Crippen LogP contribution is -3.13. The highest BCUT2D eigenvalue weighted by Gasteiger charge is 2.21. The van der Waals surface area contributed by atoms with E-state index in [2.05, 4.69) is 12.2 Å². The molecular formula is C17H27ClN3O3S+. The largest absolute Gasteiger partial charge is 0.334 e. The van der Waals surface area contributed by atoms with E-state index in [9.17, 15) is 13.2 Å². The lowest BCUT2D eigenvalue weighted by atomic mass is 9.99. The molecule has 0 atom stereocenters. The number of quaternary nitrogens is 1. The first-order valence-electron chi connectivity index (χ1n) is 8.55. The highest BCUT2D eigenvalue weighted by Crippen LogP contribution is 2.26. The number of hydrogen-bond acceptors (Lipinski definition) is 3. The SMILES string of the molecule is CC1CC[NH+](CCC(=O)Nc2cc(S(=O)(=O)N(C)C)ccc2Cl)CC1. The van der Waals surface area contributed by atoms with E-state index in [0.29, 0.717) is 17.1 Å². The molecule has 1 heterocycles. The first kappa shape index (κ1) is 20.2. The Morgan fingerprint density at radius 3 is 2.56 bits per heavy atom. The van der Waals surface area contributed by atoms with Gasteiger partial charge in [-0.25, -0.2) is 12.7 Å². The van der Waals surface area contributed by atoms with Gasteiger partial charge < -0.3 is 10.2 Å². The molecule has 0 unspecified atom stereocenters. The Balaban J connectivity index is 1.98. The number of piperidine rings is 1. The van der Waals surface area contributed by atoms with E-state index >= 15 is 0 Å². The average molecular weight is 389 g/mol. The van der Waals surface area contributed by atoms with Crippen LogP contribution in [0.25, 0.3) is 0 Å². The number of likely N-dealkylation sites (tertiary alicyclic amines) is 1. The summed E-state index contributed by atoms with van der Waals surface area (Å²) in [7, 11) is -0.642. The fourth-order valence-corrected chi connectivity index (χ4v) is 3.99. The van der Waals surface area contributed by atoms with Gasteiger partial charge >= 0.3 is 0 Å². The van der Waals surface area contributed by atoms with Crippen molar-refractivity contribution in [1.29, 1.82) is 0 Å². The maximum Gasteiger partial charge on any atom is 0.242 e. The highest BCUT2D eigenvalue weighted by molar-refractivity contribution is 7.89. The van der Waals surface area contributed by atoms with Crippen LogP contribution in [0.1, 0.15) is 26.2 Å². The zero-order chi connectivity index (χ0) is 18.6. The molecule has 140 valence electrons. The number of halogens is 1. The standard InChI is InChI=1S/C17H26ClN3O3S/c1-13-6-9-21(10-7-13)11-8-17(22)19-16-12-14(4-5-15(16)18)25(23,24)20(2)3/h4-5,12-13H,6-11H2,1-3H3,(H,19,22)/p+1. The molecule has 0 spiro atoms. The molecule has 0 bridgehead atoms. The van der Waals surface area contributed by atoms with Crippen LogP contribution in [-0.4, -0.2) is 52.4 Å². The summed E-state index contributed by atoms with van der Waals surface area (Å²) >= 11 is 6.11. The number of carbonyl (C=O) groups is 1. The summed E-state index contributed by atoms with van der Waals surface area (Å²) in [5, 5.41) is 3.07. The summed E-state index contributed by atoms with van der Waals surface area (Å²) in [6, 6.07) is 4.34. The van der Waals surface area contributed by atoms with Crippen LogP contribution >= 0.6 is 11.6 Å². The van der Waals surface area contributed by atoms with E-state index in [-0.39, 0.29) is 10.8 Å². The van der Waals surface area contributed by atoms with Crippen molar-refractivity contribution in [1.82, 2.24) is 4.31 Å². The Morgan fingerprint density at radius 2 is 1.96 bits per heavy atom. The minimum Gasteiger partial charge on any atom is -0.334 e. The van der Waals surface area contributed by atoms with Gasteiger partial charge in [-0.05, 0) is 37.0 Å². The van der Waals surface area contributed by atoms with Gasteiger partial charge in [0.15, 0.2) is 0 Å². The average Bonchev–Trinajstić information content (AvgIpc) is 2.56. The summed E-state index contributed by atoms with van der Waals surface area (Å²) in [6.45, 7) is 5.25. The minimum absolute atomic E-state index is 0.104. The molecule has 1 aromatic rings. The number of nitrogens with zero attached hydrogens (tertiary/aromatic N) is 1. The first-order valence-corrected chi connectivity index (χ1v) is 10.4. The number of amides is 1. The number of sulfonamides is 1. The molecule has 25 heavy (non-hydrogen) atoms. The van der Waals surface area contributed by atoms with Gasteiger partial charge in [-0.2, -0.15) is 0 Å². The van der Waals surface area contributed by atoms with Gasteiger partial charge in [0.1, 0.15) is 0 Å². The van der Waals surface area contributed by atoms with Crippen LogP contribution in [0.3, 0.4) is 0 Å². The molecule has 0 aromatic heterocycles. The summed E-state index contributed by atoms with van der Waals surface area (Å²) in [6.07, 6.45) is 2.80. The molecule has 6 nitrogen and oxygen atoms in total. The molecule has 1 aliphatic heterocycles. The summed E-state index contributed by atoms with van der Waals surface area (Å²) in [5.74, 6) is 0.630. The van der Waals surface area contributed by atoms with E-state index in [0.717, 1.165) is 29.9 Å². The first-order chi connectivity index (χ1) is 11.7. The van der Waals surface area contributed by atoms with Crippen LogP contribution in [0, 0.1) is 5.92 Å². The van der Waals surface area contributed by atoms with Gasteiger partial charge in [0.05, 0.1) is 41.7 Å². The van der Waals surface area contributed by atoms with E-state index in [1.54, 1.807) is 0 Å². The predicted octanol–water partition coefficient (Wildman–Crippen LogP) is 1.23. The molecule has 2 N–H and O–H groups in total. The van der Waals surface area contributed by atoms with E-state index < -0.39 is 10.0 Å². The lowest BCUT2D eigenvalue weighted by molar-refractivity contribution is -0.905. The minimum atomic E-state index is -3.57. The summed E-state index contributed by atoms with van der Waals surface area (Å²) in [5.41, 5.74) is 0.330. The van der Waals surface area contributed by atoms with E-state index in [4.69, 9.17) is 11.6 Å². The molecule has 1 amide bonds. The number of carbonyl (C=O) groups excluding carboxylic acids is 1. The predicted molar refractivity (Wildman–Crippen MR) is 99.5 cm³/mol. The van der Waals surface area contributed by atoms with Gasteiger partial charge in [-0.1, -0.05) is 18.5 Å². The van der Waals surface area contributed by atoms with Crippen LogP contribution in [0.15, 0.2) is 23.1 Å². The summed E-state index contributed by atoms with van der Waals surface area (Å²) < 4.78 is 25.5. The number of anilines is 1.